The monoisotopic (exact) mass is 348 g/mol. The maximum atomic E-state index is 12.5. The van der Waals surface area contributed by atoms with Crippen LogP contribution in [0.25, 0.3) is 0 Å². The molecule has 0 fully saturated rings. The molecule has 1 atom stereocenters. The molecule has 0 N–H and O–H groups in total. The highest BCUT2D eigenvalue weighted by Gasteiger charge is 2.38. The third-order valence-corrected chi connectivity index (χ3v) is 6.13. The molecule has 4 rings (SSSR count). The summed E-state index contributed by atoms with van der Waals surface area (Å²) in [6.07, 6.45) is 0.844. The summed E-state index contributed by atoms with van der Waals surface area (Å²) in [6, 6.07) is 7.68. The quantitative estimate of drug-likeness (QED) is 0.824. The number of halogens is 1. The predicted octanol–water partition coefficient (Wildman–Crippen LogP) is 2.42. The summed E-state index contributed by atoms with van der Waals surface area (Å²) in [5, 5.41) is 8.23. The molecular weight excluding hydrogens is 332 g/mol. The Morgan fingerprint density at radius 2 is 2.17 bits per heavy atom. The van der Waals surface area contributed by atoms with Gasteiger partial charge in [-0.2, -0.15) is 5.10 Å². The Morgan fingerprint density at radius 1 is 1.35 bits per heavy atom. The minimum absolute atomic E-state index is 0.573. The van der Waals surface area contributed by atoms with Crippen molar-refractivity contribution in [1.82, 2.24) is 9.91 Å². The Bertz CT molecular complexity index is 786. The van der Waals surface area contributed by atoms with Crippen molar-refractivity contribution in [3.8, 4) is 0 Å². The average Bonchev–Trinajstić information content (AvgIpc) is 3.09. The van der Waals surface area contributed by atoms with E-state index in [9.17, 15) is 4.21 Å². The zero-order valence-corrected chi connectivity index (χ0v) is 14.4. The van der Waals surface area contributed by atoms with Crippen LogP contribution in [-0.2, 0) is 10.8 Å². The van der Waals surface area contributed by atoms with Crippen molar-refractivity contribution in [2.24, 2.45) is 10.1 Å². The molecule has 23 heavy (non-hydrogen) atoms. The lowest BCUT2D eigenvalue weighted by molar-refractivity contribution is 0.273. The van der Waals surface area contributed by atoms with E-state index in [1.54, 1.807) is 0 Å². The Balaban J connectivity index is 1.85. The van der Waals surface area contributed by atoms with Crippen LogP contribution in [0.2, 0.25) is 5.02 Å². The molecule has 0 radical (unpaired) electrons. The van der Waals surface area contributed by atoms with Gasteiger partial charge < -0.3 is 0 Å². The lowest BCUT2D eigenvalue weighted by Crippen LogP contribution is -2.35. The van der Waals surface area contributed by atoms with Crippen molar-refractivity contribution >= 4 is 33.9 Å². The van der Waals surface area contributed by atoms with Crippen LogP contribution in [0.5, 0.6) is 0 Å². The minimum Gasteiger partial charge on any atom is -0.296 e. The summed E-state index contributed by atoms with van der Waals surface area (Å²) < 4.78 is 12.5. The molecule has 120 valence electrons. The van der Waals surface area contributed by atoms with Gasteiger partial charge in [-0.3, -0.25) is 19.1 Å². The molecule has 0 aliphatic carbocycles. The van der Waals surface area contributed by atoms with Crippen LogP contribution < -0.4 is 0 Å². The first-order valence-corrected chi connectivity index (χ1v) is 9.40. The Hall–Kier alpha value is -1.66. The fourth-order valence-electron chi connectivity index (χ4n) is 3.10. The van der Waals surface area contributed by atoms with Gasteiger partial charge in [0.1, 0.15) is 17.4 Å². The molecule has 0 bridgehead atoms. The number of hydrazone groups is 1. The van der Waals surface area contributed by atoms with Gasteiger partial charge in [-0.15, -0.1) is 0 Å². The molecule has 3 aliphatic heterocycles. The standard InChI is InChI=1S/C16H17ClN4OS/c1-2-20-10-21-15(19-20)14(12-5-3-4-6-13(12)17)18-9-11-7-8-23(22)16(11)21/h3-6H,2,7-10H2,1H3. The molecule has 1 aromatic rings. The summed E-state index contributed by atoms with van der Waals surface area (Å²) in [6.45, 7) is 4.05. The number of benzene rings is 1. The van der Waals surface area contributed by atoms with Gasteiger partial charge in [-0.1, -0.05) is 29.8 Å². The maximum absolute atomic E-state index is 12.5. The van der Waals surface area contributed by atoms with Crippen LogP contribution in [0.4, 0.5) is 0 Å². The predicted molar refractivity (Wildman–Crippen MR) is 94.0 cm³/mol. The zero-order chi connectivity index (χ0) is 16.0. The number of hydrogen-bond donors (Lipinski definition) is 0. The summed E-state index contributed by atoms with van der Waals surface area (Å²) in [5.74, 6) is 1.46. The van der Waals surface area contributed by atoms with Crippen LogP contribution in [0.15, 0.2) is 45.0 Å². The van der Waals surface area contributed by atoms with Crippen LogP contribution in [-0.4, -0.2) is 51.2 Å². The van der Waals surface area contributed by atoms with E-state index in [1.807, 2.05) is 29.3 Å². The molecule has 7 heteroatoms. The van der Waals surface area contributed by atoms with Crippen molar-refractivity contribution in [2.75, 3.05) is 25.5 Å². The van der Waals surface area contributed by atoms with E-state index >= 15 is 0 Å². The highest BCUT2D eigenvalue weighted by molar-refractivity contribution is 7.89. The van der Waals surface area contributed by atoms with Gasteiger partial charge in [0.25, 0.3) is 0 Å². The second-order valence-corrected chi connectivity index (χ2v) is 7.56. The maximum Gasteiger partial charge on any atom is 0.181 e. The smallest absolute Gasteiger partial charge is 0.181 e. The molecule has 1 unspecified atom stereocenters. The molecule has 0 spiro atoms. The molecule has 0 saturated carbocycles. The average molecular weight is 349 g/mol. The third-order valence-electron chi connectivity index (χ3n) is 4.28. The lowest BCUT2D eigenvalue weighted by atomic mass is 10.1. The fraction of sp³-hybridized carbons (Fsp3) is 0.375. The summed E-state index contributed by atoms with van der Waals surface area (Å²) in [4.78, 5) is 6.85. The van der Waals surface area contributed by atoms with Crippen LogP contribution in [0, 0.1) is 0 Å². The van der Waals surface area contributed by atoms with Gasteiger partial charge in [-0.05, 0) is 25.0 Å². The normalized spacial score (nSPS) is 23.5. The van der Waals surface area contributed by atoms with Crippen molar-refractivity contribution in [3.63, 3.8) is 0 Å². The molecule has 0 amide bonds. The SMILES string of the molecule is CCN1CN2C(=N1)C(c1ccccc1Cl)=NCC1=C2S(=O)CC1. The summed E-state index contributed by atoms with van der Waals surface area (Å²) in [7, 11) is -0.963. The van der Waals surface area contributed by atoms with Crippen LogP contribution in [0.1, 0.15) is 18.9 Å². The minimum atomic E-state index is -0.963. The molecular formula is C16H17ClN4OS. The Labute approximate surface area is 142 Å². The summed E-state index contributed by atoms with van der Waals surface area (Å²) >= 11 is 6.38. The molecule has 3 heterocycles. The number of nitrogens with zero attached hydrogens (tertiary/aromatic N) is 4. The molecule has 0 aromatic heterocycles. The topological polar surface area (TPSA) is 48.3 Å². The van der Waals surface area contributed by atoms with Gasteiger partial charge in [0.05, 0.1) is 22.4 Å². The van der Waals surface area contributed by atoms with Gasteiger partial charge >= 0.3 is 0 Å². The van der Waals surface area contributed by atoms with Crippen molar-refractivity contribution in [1.29, 1.82) is 0 Å². The van der Waals surface area contributed by atoms with Gasteiger partial charge in [0, 0.05) is 17.9 Å². The highest BCUT2D eigenvalue weighted by Crippen LogP contribution is 2.32. The van der Waals surface area contributed by atoms with E-state index in [-0.39, 0.29) is 0 Å². The van der Waals surface area contributed by atoms with Gasteiger partial charge in [0.2, 0.25) is 0 Å². The van der Waals surface area contributed by atoms with Gasteiger partial charge in [-0.25, -0.2) is 0 Å². The molecule has 3 aliphatic rings. The second kappa shape index (κ2) is 5.76. The molecule has 1 aromatic carbocycles. The first kappa shape index (κ1) is 14.9. The van der Waals surface area contributed by atoms with E-state index < -0.39 is 10.8 Å². The van der Waals surface area contributed by atoms with E-state index in [2.05, 4.69) is 11.8 Å². The number of amidine groups is 1. The second-order valence-electron chi connectivity index (χ2n) is 5.67. The number of rotatable bonds is 2. The number of aliphatic imine (C=N–C) groups is 1. The number of fused-ring (bicyclic) bond motifs is 2. The first-order valence-electron chi connectivity index (χ1n) is 7.70. The summed E-state index contributed by atoms with van der Waals surface area (Å²) in [5.41, 5.74) is 2.83. The fourth-order valence-corrected chi connectivity index (χ4v) is 4.83. The number of hydrogen-bond acceptors (Lipinski definition) is 5. The largest absolute Gasteiger partial charge is 0.296 e. The van der Waals surface area contributed by atoms with E-state index in [4.69, 9.17) is 21.7 Å². The molecule has 0 saturated heterocycles. The lowest BCUT2D eigenvalue weighted by Gasteiger charge is -2.21. The van der Waals surface area contributed by atoms with Gasteiger partial charge in [0.15, 0.2) is 5.84 Å². The first-order chi connectivity index (χ1) is 11.2. The Kier molecular flexibility index (Phi) is 3.73. The van der Waals surface area contributed by atoms with Crippen LogP contribution >= 0.6 is 11.6 Å². The molecule has 5 nitrogen and oxygen atoms in total. The van der Waals surface area contributed by atoms with Crippen molar-refractivity contribution in [2.45, 2.75) is 13.3 Å². The Morgan fingerprint density at radius 3 is 2.96 bits per heavy atom. The van der Waals surface area contributed by atoms with Crippen LogP contribution in [0.3, 0.4) is 0 Å². The van der Waals surface area contributed by atoms with Crippen molar-refractivity contribution < 1.29 is 4.21 Å². The van der Waals surface area contributed by atoms with E-state index in [1.165, 1.54) is 0 Å². The van der Waals surface area contributed by atoms with E-state index in [0.29, 0.717) is 24.0 Å². The highest BCUT2D eigenvalue weighted by atomic mass is 35.5. The van der Waals surface area contributed by atoms with E-state index in [0.717, 1.165) is 40.7 Å². The third kappa shape index (κ3) is 2.40. The zero-order valence-electron chi connectivity index (χ0n) is 12.8. The van der Waals surface area contributed by atoms with Crippen molar-refractivity contribution in [3.05, 3.63) is 45.5 Å².